The first kappa shape index (κ1) is 23.4. The van der Waals surface area contributed by atoms with Gasteiger partial charge in [-0.2, -0.15) is 9.78 Å². The standard InChI is InChI=1S/C6H14O6.2CH2O3/c1-5(8-7)9-11-12-10-6(2,3)4;2*2-1(3)4/h5,7H,1-4H3;2*(H2,2,3,4). The maximum absolute atomic E-state index is 8.56. The van der Waals surface area contributed by atoms with Crippen LogP contribution < -0.4 is 0 Å². The third-order valence-corrected chi connectivity index (χ3v) is 0.635. The summed E-state index contributed by atoms with van der Waals surface area (Å²) in [5.41, 5.74) is -0.493. The fourth-order valence-electron chi connectivity index (χ4n) is 0.205. The second kappa shape index (κ2) is 13.7. The highest BCUT2D eigenvalue weighted by Gasteiger charge is 2.13. The Balaban J connectivity index is -0.000000297. The Morgan fingerprint density at radius 3 is 1.55 bits per heavy atom. The number of hydrogen-bond acceptors (Lipinski definition) is 8. The molecule has 0 aliphatic carbocycles. The Labute approximate surface area is 113 Å². The molecule has 0 aliphatic heterocycles. The van der Waals surface area contributed by atoms with E-state index in [1.165, 1.54) is 6.92 Å². The van der Waals surface area contributed by atoms with Crippen molar-refractivity contribution < 1.29 is 60.0 Å². The van der Waals surface area contributed by atoms with Crippen LogP contribution >= 0.6 is 0 Å². The minimum atomic E-state index is -1.83. The van der Waals surface area contributed by atoms with E-state index in [2.05, 4.69) is 24.7 Å². The fourth-order valence-corrected chi connectivity index (χ4v) is 0.205. The molecule has 0 spiro atoms. The molecule has 0 rings (SSSR count). The van der Waals surface area contributed by atoms with Crippen LogP contribution in [0.1, 0.15) is 27.7 Å². The van der Waals surface area contributed by atoms with Crippen LogP contribution in [0.4, 0.5) is 9.59 Å². The van der Waals surface area contributed by atoms with Crippen LogP contribution in [0.5, 0.6) is 0 Å². The SMILES string of the molecule is CC(OO)OOOOC(C)(C)C.O=C(O)O.O=C(O)O. The van der Waals surface area contributed by atoms with Gasteiger partial charge in [0, 0.05) is 0 Å². The summed E-state index contributed by atoms with van der Waals surface area (Å²) in [4.78, 5) is 29.7. The van der Waals surface area contributed by atoms with Gasteiger partial charge in [-0.1, -0.05) is 0 Å². The van der Waals surface area contributed by atoms with Crippen LogP contribution in [0.3, 0.4) is 0 Å². The maximum atomic E-state index is 8.56. The molecule has 0 aromatic carbocycles. The van der Waals surface area contributed by atoms with Gasteiger partial charge in [-0.3, -0.25) is 0 Å². The lowest BCUT2D eigenvalue weighted by Crippen LogP contribution is -2.20. The van der Waals surface area contributed by atoms with Gasteiger partial charge in [-0.15, -0.1) is 0 Å². The number of hydrogen-bond donors (Lipinski definition) is 5. The second-order valence-corrected chi connectivity index (χ2v) is 3.67. The first-order chi connectivity index (χ1) is 8.92. The highest BCUT2D eigenvalue weighted by molar-refractivity contribution is 5.53. The smallest absolute Gasteiger partial charge is 0.450 e. The van der Waals surface area contributed by atoms with Crippen LogP contribution in [0.2, 0.25) is 0 Å². The summed E-state index contributed by atoms with van der Waals surface area (Å²) in [6.45, 7) is 6.70. The van der Waals surface area contributed by atoms with E-state index in [-0.39, 0.29) is 0 Å². The molecule has 20 heavy (non-hydrogen) atoms. The second-order valence-electron chi connectivity index (χ2n) is 3.67. The average Bonchev–Trinajstić information content (AvgIpc) is 2.21. The molecule has 0 aliphatic rings. The van der Waals surface area contributed by atoms with Crippen molar-refractivity contribution in [1.82, 2.24) is 0 Å². The van der Waals surface area contributed by atoms with Gasteiger partial charge < -0.3 is 20.4 Å². The van der Waals surface area contributed by atoms with E-state index in [0.717, 1.165) is 0 Å². The average molecular weight is 306 g/mol. The monoisotopic (exact) mass is 306 g/mol. The van der Waals surface area contributed by atoms with E-state index < -0.39 is 24.2 Å². The Hall–Kier alpha value is -1.70. The molecule has 1 unspecified atom stereocenters. The zero-order chi connectivity index (χ0) is 16.8. The third kappa shape index (κ3) is 55.4. The van der Waals surface area contributed by atoms with Gasteiger partial charge in [-0.05, 0) is 37.8 Å². The first-order valence-corrected chi connectivity index (χ1v) is 4.74. The van der Waals surface area contributed by atoms with Crippen molar-refractivity contribution in [2.24, 2.45) is 0 Å². The molecule has 0 aromatic rings. The summed E-state index contributed by atoms with van der Waals surface area (Å²) in [6, 6.07) is 0. The van der Waals surface area contributed by atoms with Gasteiger partial charge in [0.15, 0.2) is 0 Å². The summed E-state index contributed by atoms with van der Waals surface area (Å²) in [6.07, 6.45) is -4.60. The first-order valence-electron chi connectivity index (χ1n) is 4.74. The molecule has 0 bridgehead atoms. The van der Waals surface area contributed by atoms with Gasteiger partial charge >= 0.3 is 12.3 Å². The molecule has 0 heterocycles. The lowest BCUT2D eigenvalue weighted by Gasteiger charge is -2.15. The van der Waals surface area contributed by atoms with Gasteiger partial charge in [0.1, 0.15) is 0 Å². The van der Waals surface area contributed by atoms with Crippen molar-refractivity contribution in [2.75, 3.05) is 0 Å². The highest BCUT2D eigenvalue weighted by Crippen LogP contribution is 2.07. The zero-order valence-corrected chi connectivity index (χ0v) is 11.2. The predicted molar refractivity (Wildman–Crippen MR) is 58.6 cm³/mol. The summed E-state index contributed by atoms with van der Waals surface area (Å²) < 4.78 is 0. The van der Waals surface area contributed by atoms with Crippen molar-refractivity contribution in [3.05, 3.63) is 0 Å². The van der Waals surface area contributed by atoms with Gasteiger partial charge in [0.05, 0.1) is 5.60 Å². The van der Waals surface area contributed by atoms with Crippen molar-refractivity contribution in [3.63, 3.8) is 0 Å². The quantitative estimate of drug-likeness (QED) is 0.215. The van der Waals surface area contributed by atoms with E-state index in [1.54, 1.807) is 20.8 Å². The van der Waals surface area contributed by atoms with E-state index >= 15 is 0 Å². The lowest BCUT2D eigenvalue weighted by molar-refractivity contribution is -0.671. The van der Waals surface area contributed by atoms with Crippen molar-refractivity contribution in [2.45, 2.75) is 39.6 Å². The van der Waals surface area contributed by atoms with Crippen molar-refractivity contribution in [1.29, 1.82) is 0 Å². The Morgan fingerprint density at radius 2 is 1.30 bits per heavy atom. The van der Waals surface area contributed by atoms with Crippen molar-refractivity contribution in [3.8, 4) is 0 Å². The largest absolute Gasteiger partial charge is 0.503 e. The maximum Gasteiger partial charge on any atom is 0.503 e. The van der Waals surface area contributed by atoms with Crippen LogP contribution in [-0.2, 0) is 24.7 Å². The van der Waals surface area contributed by atoms with E-state index in [0.29, 0.717) is 0 Å². The van der Waals surface area contributed by atoms with Gasteiger partial charge in [0.25, 0.3) is 0 Å². The Morgan fingerprint density at radius 1 is 0.950 bits per heavy atom. The number of carboxylic acid groups (broad SMARTS) is 4. The third-order valence-electron chi connectivity index (χ3n) is 0.635. The minimum Gasteiger partial charge on any atom is -0.450 e. The summed E-state index contributed by atoms with van der Waals surface area (Å²) in [5, 5.41) is 44.1. The van der Waals surface area contributed by atoms with Gasteiger partial charge in [-0.25, -0.2) is 19.7 Å². The highest BCUT2D eigenvalue weighted by atomic mass is 17.7. The normalized spacial score (nSPS) is 11.2. The number of carbonyl (C=O) groups is 2. The molecule has 1 atom stereocenters. The predicted octanol–water partition coefficient (Wildman–Crippen LogP) is 1.88. The topological polar surface area (TPSA) is 181 Å². The summed E-state index contributed by atoms with van der Waals surface area (Å²) in [5.74, 6) is 0. The molecular formula is C8H18O12. The molecule has 0 radical (unpaired) electrons. The van der Waals surface area contributed by atoms with E-state index in [4.69, 9.17) is 35.3 Å². The molecule has 122 valence electrons. The molecule has 0 fully saturated rings. The molecule has 12 nitrogen and oxygen atoms in total. The van der Waals surface area contributed by atoms with Gasteiger partial charge in [0.2, 0.25) is 6.29 Å². The molecule has 0 aromatic heterocycles. The Bertz CT molecular complexity index is 226. The molecule has 0 saturated heterocycles. The van der Waals surface area contributed by atoms with Crippen molar-refractivity contribution >= 4 is 12.3 Å². The molecular weight excluding hydrogens is 288 g/mol. The lowest BCUT2D eigenvalue weighted by atomic mass is 10.2. The molecule has 5 N–H and O–H groups in total. The van der Waals surface area contributed by atoms with Crippen LogP contribution in [-0.4, -0.2) is 49.9 Å². The van der Waals surface area contributed by atoms with E-state index in [9.17, 15) is 0 Å². The summed E-state index contributed by atoms with van der Waals surface area (Å²) >= 11 is 0. The number of rotatable bonds is 5. The van der Waals surface area contributed by atoms with Crippen LogP contribution in [0.15, 0.2) is 0 Å². The van der Waals surface area contributed by atoms with Crippen LogP contribution in [0, 0.1) is 0 Å². The molecule has 0 saturated carbocycles. The summed E-state index contributed by atoms with van der Waals surface area (Å²) in [7, 11) is 0. The molecule has 12 heteroatoms. The molecule has 0 amide bonds. The minimum absolute atomic E-state index is 0.493. The zero-order valence-electron chi connectivity index (χ0n) is 11.2. The Kier molecular flexibility index (Phi) is 16.1. The fraction of sp³-hybridized carbons (Fsp3) is 0.750. The van der Waals surface area contributed by atoms with Crippen LogP contribution in [0.25, 0.3) is 0 Å². The van der Waals surface area contributed by atoms with E-state index in [1.807, 2.05) is 0 Å².